The third-order valence-corrected chi connectivity index (χ3v) is 5.61. The summed E-state index contributed by atoms with van der Waals surface area (Å²) in [6, 6.07) is 0. The molecule has 2 unspecified atom stereocenters. The molecule has 106 valence electrons. The number of Topliss-reactive ketones (excluding diaryl/α,β-unsaturated/α-hetero) is 1. The Hall–Kier alpha value is -0.860. The van der Waals surface area contributed by atoms with E-state index in [4.69, 9.17) is 0 Å². The lowest BCUT2D eigenvalue weighted by molar-refractivity contribution is -0.170. The summed E-state index contributed by atoms with van der Waals surface area (Å²) in [5.41, 5.74) is 0.516. The fourth-order valence-corrected chi connectivity index (χ4v) is 6.09. The van der Waals surface area contributed by atoms with Crippen molar-refractivity contribution >= 4 is 11.7 Å². The predicted octanol–water partition coefficient (Wildman–Crippen LogP) is 2.69. The standard InChI is InChI=1S/C16H25NO2/c1-11(18)7-17-13(19)16-6-12-4-14(2,9-16)8-15(3,5-12)10-16/h12H,4-10H2,1-3H3,(H,17,19). The molecule has 4 rings (SSSR count). The average molecular weight is 263 g/mol. The Morgan fingerprint density at radius 2 is 1.63 bits per heavy atom. The maximum absolute atomic E-state index is 12.6. The molecule has 4 aliphatic rings. The second-order valence-corrected chi connectivity index (χ2v) is 8.30. The summed E-state index contributed by atoms with van der Waals surface area (Å²) >= 11 is 0. The zero-order valence-electron chi connectivity index (χ0n) is 12.3. The smallest absolute Gasteiger partial charge is 0.226 e. The second-order valence-electron chi connectivity index (χ2n) is 8.30. The quantitative estimate of drug-likeness (QED) is 0.851. The molecule has 0 aromatic rings. The molecule has 3 heteroatoms. The van der Waals surface area contributed by atoms with Crippen molar-refractivity contribution in [3.05, 3.63) is 0 Å². The van der Waals surface area contributed by atoms with Crippen LogP contribution in [0.2, 0.25) is 0 Å². The van der Waals surface area contributed by atoms with Crippen LogP contribution in [-0.4, -0.2) is 18.2 Å². The minimum atomic E-state index is -0.182. The van der Waals surface area contributed by atoms with Gasteiger partial charge in [0.05, 0.1) is 12.0 Å². The highest BCUT2D eigenvalue weighted by molar-refractivity contribution is 5.88. The molecule has 3 nitrogen and oxygen atoms in total. The number of ketones is 1. The van der Waals surface area contributed by atoms with Crippen molar-refractivity contribution in [3.8, 4) is 0 Å². The molecule has 4 bridgehead atoms. The third-order valence-electron chi connectivity index (χ3n) is 5.61. The van der Waals surface area contributed by atoms with Crippen LogP contribution in [0.3, 0.4) is 0 Å². The number of nitrogens with one attached hydrogen (secondary N) is 1. The van der Waals surface area contributed by atoms with Crippen molar-refractivity contribution in [2.75, 3.05) is 6.54 Å². The summed E-state index contributed by atoms with van der Waals surface area (Å²) in [6.07, 6.45) is 6.96. The van der Waals surface area contributed by atoms with Gasteiger partial charge in [-0.2, -0.15) is 0 Å². The first-order valence-corrected chi connectivity index (χ1v) is 7.52. The largest absolute Gasteiger partial charge is 0.349 e. The fourth-order valence-electron chi connectivity index (χ4n) is 6.09. The number of carbonyl (C=O) groups is 2. The van der Waals surface area contributed by atoms with Crippen molar-refractivity contribution < 1.29 is 9.59 Å². The van der Waals surface area contributed by atoms with Gasteiger partial charge in [0.25, 0.3) is 0 Å². The van der Waals surface area contributed by atoms with Crippen LogP contribution in [0.25, 0.3) is 0 Å². The third kappa shape index (κ3) is 2.11. The van der Waals surface area contributed by atoms with Crippen molar-refractivity contribution in [2.24, 2.45) is 22.2 Å². The van der Waals surface area contributed by atoms with Crippen LogP contribution in [-0.2, 0) is 9.59 Å². The van der Waals surface area contributed by atoms with E-state index < -0.39 is 0 Å². The van der Waals surface area contributed by atoms with Crippen molar-refractivity contribution in [1.82, 2.24) is 5.32 Å². The molecular weight excluding hydrogens is 238 g/mol. The highest BCUT2D eigenvalue weighted by atomic mass is 16.2. The lowest BCUT2D eigenvalue weighted by Crippen LogP contribution is -2.60. The molecule has 2 atom stereocenters. The summed E-state index contributed by atoms with van der Waals surface area (Å²) in [5.74, 6) is 0.897. The van der Waals surface area contributed by atoms with E-state index in [1.54, 1.807) is 0 Å². The van der Waals surface area contributed by atoms with Gasteiger partial charge in [-0.25, -0.2) is 0 Å². The van der Waals surface area contributed by atoms with Crippen LogP contribution in [0.4, 0.5) is 0 Å². The van der Waals surface area contributed by atoms with E-state index in [1.807, 2.05) is 0 Å². The van der Waals surface area contributed by atoms with E-state index in [9.17, 15) is 9.59 Å². The van der Waals surface area contributed by atoms with Crippen LogP contribution < -0.4 is 5.32 Å². The number of amides is 1. The first-order chi connectivity index (χ1) is 8.74. The molecular formula is C16H25NO2. The van der Waals surface area contributed by atoms with E-state index in [-0.39, 0.29) is 23.7 Å². The molecule has 4 fully saturated rings. The van der Waals surface area contributed by atoms with Gasteiger partial charge < -0.3 is 5.32 Å². The normalized spacial score (nSPS) is 47.2. The molecule has 1 N–H and O–H groups in total. The lowest BCUT2D eigenvalue weighted by Gasteiger charge is -2.64. The van der Waals surface area contributed by atoms with Crippen molar-refractivity contribution in [3.63, 3.8) is 0 Å². The van der Waals surface area contributed by atoms with Gasteiger partial charge in [-0.1, -0.05) is 13.8 Å². The van der Waals surface area contributed by atoms with Gasteiger partial charge in [0.15, 0.2) is 0 Å². The highest BCUT2D eigenvalue weighted by Gasteiger charge is 2.62. The maximum atomic E-state index is 12.6. The number of rotatable bonds is 3. The van der Waals surface area contributed by atoms with E-state index in [2.05, 4.69) is 19.2 Å². The summed E-state index contributed by atoms with van der Waals surface area (Å²) in [5, 5.41) is 2.89. The fraction of sp³-hybridized carbons (Fsp3) is 0.875. The molecule has 0 heterocycles. The lowest BCUT2D eigenvalue weighted by atomic mass is 9.40. The molecule has 0 radical (unpaired) electrons. The van der Waals surface area contributed by atoms with Gasteiger partial charge in [0.1, 0.15) is 5.78 Å². The summed E-state index contributed by atoms with van der Waals surface area (Å²) in [4.78, 5) is 23.7. The monoisotopic (exact) mass is 263 g/mol. The van der Waals surface area contributed by atoms with Crippen molar-refractivity contribution in [2.45, 2.75) is 59.3 Å². The number of hydrogen-bond acceptors (Lipinski definition) is 2. The highest BCUT2D eigenvalue weighted by Crippen LogP contribution is 2.69. The van der Waals surface area contributed by atoms with E-state index in [1.165, 1.54) is 26.2 Å². The van der Waals surface area contributed by atoms with Gasteiger partial charge >= 0.3 is 0 Å². The Morgan fingerprint density at radius 3 is 2.11 bits per heavy atom. The van der Waals surface area contributed by atoms with Gasteiger partial charge in [-0.3, -0.25) is 9.59 Å². The molecule has 0 spiro atoms. The minimum Gasteiger partial charge on any atom is -0.349 e. The van der Waals surface area contributed by atoms with E-state index >= 15 is 0 Å². The molecule has 4 aliphatic carbocycles. The zero-order chi connectivity index (χ0) is 13.9. The SMILES string of the molecule is CC(=O)CNC(=O)C12CC3CC(C)(CC(C)(C3)C1)C2. The first-order valence-electron chi connectivity index (χ1n) is 7.52. The Balaban J connectivity index is 1.84. The van der Waals surface area contributed by atoms with Gasteiger partial charge in [0.2, 0.25) is 5.91 Å². The molecule has 19 heavy (non-hydrogen) atoms. The van der Waals surface area contributed by atoms with Gasteiger partial charge in [-0.15, -0.1) is 0 Å². The number of hydrogen-bond donors (Lipinski definition) is 1. The maximum Gasteiger partial charge on any atom is 0.226 e. The molecule has 0 saturated heterocycles. The average Bonchev–Trinajstić information content (AvgIpc) is 2.20. The Morgan fingerprint density at radius 1 is 1.05 bits per heavy atom. The van der Waals surface area contributed by atoms with Crippen LogP contribution in [0, 0.1) is 22.2 Å². The zero-order valence-corrected chi connectivity index (χ0v) is 12.3. The summed E-state index contributed by atoms with van der Waals surface area (Å²) in [7, 11) is 0. The molecule has 1 amide bonds. The topological polar surface area (TPSA) is 46.2 Å². The van der Waals surface area contributed by atoms with Crippen LogP contribution in [0.1, 0.15) is 59.3 Å². The van der Waals surface area contributed by atoms with Crippen LogP contribution >= 0.6 is 0 Å². The van der Waals surface area contributed by atoms with Crippen LogP contribution in [0.15, 0.2) is 0 Å². The Labute approximate surface area is 115 Å². The summed E-state index contributed by atoms with van der Waals surface area (Å²) < 4.78 is 0. The number of carbonyl (C=O) groups excluding carboxylic acids is 2. The van der Waals surface area contributed by atoms with Gasteiger partial charge in [0, 0.05) is 0 Å². The van der Waals surface area contributed by atoms with Gasteiger partial charge in [-0.05, 0) is 62.2 Å². The van der Waals surface area contributed by atoms with E-state index in [0.29, 0.717) is 16.7 Å². The Kier molecular flexibility index (Phi) is 2.65. The Bertz CT molecular complexity index is 424. The molecule has 0 aromatic heterocycles. The first kappa shape index (κ1) is 13.1. The molecule has 0 aromatic carbocycles. The minimum absolute atomic E-state index is 0.0375. The molecule has 0 aliphatic heterocycles. The van der Waals surface area contributed by atoms with Crippen molar-refractivity contribution in [1.29, 1.82) is 0 Å². The summed E-state index contributed by atoms with van der Waals surface area (Å²) in [6.45, 7) is 6.45. The van der Waals surface area contributed by atoms with E-state index in [0.717, 1.165) is 19.3 Å². The predicted molar refractivity (Wildman–Crippen MR) is 73.5 cm³/mol. The second kappa shape index (κ2) is 3.83. The van der Waals surface area contributed by atoms with Crippen LogP contribution in [0.5, 0.6) is 0 Å². The molecule has 4 saturated carbocycles.